The molecule has 82 valence electrons. The van der Waals surface area contributed by atoms with Crippen LogP contribution in [0, 0.1) is 6.92 Å². The third kappa shape index (κ3) is 2.30. The molecule has 0 aliphatic carbocycles. The van der Waals surface area contributed by atoms with Crippen molar-refractivity contribution in [2.75, 3.05) is 0 Å². The van der Waals surface area contributed by atoms with Gasteiger partial charge in [-0.3, -0.25) is 5.84 Å². The van der Waals surface area contributed by atoms with E-state index in [9.17, 15) is 0 Å². The summed E-state index contributed by atoms with van der Waals surface area (Å²) in [6.45, 7) is 2.08. The lowest BCUT2D eigenvalue weighted by Gasteiger charge is -2.16. The number of nitrogens with two attached hydrogens (primary N) is 1. The van der Waals surface area contributed by atoms with E-state index in [0.717, 1.165) is 0 Å². The van der Waals surface area contributed by atoms with Crippen molar-refractivity contribution >= 4 is 0 Å². The van der Waals surface area contributed by atoms with Crippen LogP contribution >= 0.6 is 0 Å². The summed E-state index contributed by atoms with van der Waals surface area (Å²) in [7, 11) is 0. The monoisotopic (exact) mass is 212 g/mol. The van der Waals surface area contributed by atoms with Gasteiger partial charge in [0.2, 0.25) is 0 Å². The Labute approximate surface area is 96.1 Å². The molecule has 0 aliphatic rings. The first kappa shape index (κ1) is 10.9. The van der Waals surface area contributed by atoms with E-state index in [1.165, 1.54) is 16.7 Å². The Kier molecular flexibility index (Phi) is 3.34. The minimum Gasteiger partial charge on any atom is -0.271 e. The summed E-state index contributed by atoms with van der Waals surface area (Å²) in [6.07, 6.45) is 0. The molecule has 0 bridgehead atoms. The first-order valence-corrected chi connectivity index (χ1v) is 5.39. The summed E-state index contributed by atoms with van der Waals surface area (Å²) in [5.41, 5.74) is 6.47. The lowest BCUT2D eigenvalue weighted by atomic mass is 9.98. The van der Waals surface area contributed by atoms with Crippen LogP contribution in [0.4, 0.5) is 0 Å². The maximum atomic E-state index is 5.62. The predicted molar refractivity (Wildman–Crippen MR) is 66.8 cm³/mol. The second-order valence-corrected chi connectivity index (χ2v) is 3.92. The van der Waals surface area contributed by atoms with Crippen molar-refractivity contribution in [3.63, 3.8) is 0 Å². The zero-order valence-electron chi connectivity index (χ0n) is 9.35. The molecule has 0 radical (unpaired) electrons. The van der Waals surface area contributed by atoms with E-state index in [1.54, 1.807) is 0 Å². The lowest BCUT2D eigenvalue weighted by Crippen LogP contribution is -2.28. The summed E-state index contributed by atoms with van der Waals surface area (Å²) in [6, 6.07) is 18.7. The third-order valence-electron chi connectivity index (χ3n) is 2.71. The largest absolute Gasteiger partial charge is 0.271 e. The summed E-state index contributed by atoms with van der Waals surface area (Å²) in [5, 5.41) is 0. The average Bonchev–Trinajstić information content (AvgIpc) is 2.34. The van der Waals surface area contributed by atoms with Gasteiger partial charge in [0.05, 0.1) is 6.04 Å². The number of rotatable bonds is 3. The highest BCUT2D eigenvalue weighted by molar-refractivity contribution is 5.32. The standard InChI is InChI=1S/C14H16N2/c1-11-7-9-13(10-8-11)14(16-15)12-5-3-2-4-6-12/h2-10,14,16H,15H2,1H3. The zero-order chi connectivity index (χ0) is 11.4. The van der Waals surface area contributed by atoms with Gasteiger partial charge in [-0.2, -0.15) is 0 Å². The van der Waals surface area contributed by atoms with Crippen LogP contribution in [-0.4, -0.2) is 0 Å². The van der Waals surface area contributed by atoms with Crippen LogP contribution in [0.15, 0.2) is 54.6 Å². The lowest BCUT2D eigenvalue weighted by molar-refractivity contribution is 0.637. The number of hydrogen-bond donors (Lipinski definition) is 2. The fraction of sp³-hybridized carbons (Fsp3) is 0.143. The molecule has 1 unspecified atom stereocenters. The molecule has 0 amide bonds. The molecule has 0 saturated heterocycles. The van der Waals surface area contributed by atoms with Crippen LogP contribution in [0.25, 0.3) is 0 Å². The molecule has 2 heteroatoms. The molecule has 16 heavy (non-hydrogen) atoms. The highest BCUT2D eigenvalue weighted by atomic mass is 15.2. The molecular formula is C14H16N2. The molecule has 0 saturated carbocycles. The van der Waals surface area contributed by atoms with Crippen LogP contribution < -0.4 is 11.3 Å². The van der Waals surface area contributed by atoms with Gasteiger partial charge in [-0.05, 0) is 18.1 Å². The van der Waals surface area contributed by atoms with Gasteiger partial charge in [0.15, 0.2) is 0 Å². The van der Waals surface area contributed by atoms with E-state index in [1.807, 2.05) is 18.2 Å². The Bertz CT molecular complexity index is 434. The van der Waals surface area contributed by atoms with E-state index in [-0.39, 0.29) is 6.04 Å². The topological polar surface area (TPSA) is 38.0 Å². The summed E-state index contributed by atoms with van der Waals surface area (Å²) in [4.78, 5) is 0. The third-order valence-corrected chi connectivity index (χ3v) is 2.71. The number of aryl methyl sites for hydroxylation is 1. The number of hydrogen-bond acceptors (Lipinski definition) is 2. The quantitative estimate of drug-likeness (QED) is 0.606. The van der Waals surface area contributed by atoms with Gasteiger partial charge in [0.1, 0.15) is 0 Å². The van der Waals surface area contributed by atoms with Crippen LogP contribution in [0.5, 0.6) is 0 Å². The van der Waals surface area contributed by atoms with E-state index >= 15 is 0 Å². The fourth-order valence-electron chi connectivity index (χ4n) is 1.79. The molecule has 1 atom stereocenters. The van der Waals surface area contributed by atoms with Gasteiger partial charge in [-0.1, -0.05) is 60.2 Å². The number of hydrazine groups is 1. The van der Waals surface area contributed by atoms with E-state index in [2.05, 4.69) is 48.7 Å². The molecule has 3 N–H and O–H groups in total. The van der Waals surface area contributed by atoms with Gasteiger partial charge in [0.25, 0.3) is 0 Å². The first-order chi connectivity index (χ1) is 7.81. The highest BCUT2D eigenvalue weighted by Gasteiger charge is 2.10. The second-order valence-electron chi connectivity index (χ2n) is 3.92. The Morgan fingerprint density at radius 1 is 0.875 bits per heavy atom. The summed E-state index contributed by atoms with van der Waals surface area (Å²) in [5.74, 6) is 5.62. The van der Waals surface area contributed by atoms with Crippen LogP contribution in [0.1, 0.15) is 22.7 Å². The Morgan fingerprint density at radius 2 is 1.44 bits per heavy atom. The van der Waals surface area contributed by atoms with Gasteiger partial charge >= 0.3 is 0 Å². The van der Waals surface area contributed by atoms with Crippen molar-refractivity contribution in [3.05, 3.63) is 71.3 Å². The van der Waals surface area contributed by atoms with Crippen molar-refractivity contribution in [2.24, 2.45) is 5.84 Å². The molecule has 2 aromatic rings. The van der Waals surface area contributed by atoms with Gasteiger partial charge in [0, 0.05) is 0 Å². The Morgan fingerprint density at radius 3 is 2.00 bits per heavy atom. The van der Waals surface area contributed by atoms with Crippen molar-refractivity contribution in [1.82, 2.24) is 5.43 Å². The van der Waals surface area contributed by atoms with Gasteiger partial charge < -0.3 is 0 Å². The van der Waals surface area contributed by atoms with Gasteiger partial charge in [-0.25, -0.2) is 5.43 Å². The van der Waals surface area contributed by atoms with E-state index in [4.69, 9.17) is 5.84 Å². The SMILES string of the molecule is Cc1ccc(C(NN)c2ccccc2)cc1. The molecule has 2 rings (SSSR count). The van der Waals surface area contributed by atoms with Crippen LogP contribution in [0.3, 0.4) is 0 Å². The van der Waals surface area contributed by atoms with Crippen molar-refractivity contribution < 1.29 is 0 Å². The summed E-state index contributed by atoms with van der Waals surface area (Å²) < 4.78 is 0. The predicted octanol–water partition coefficient (Wildman–Crippen LogP) is 2.55. The van der Waals surface area contributed by atoms with Crippen molar-refractivity contribution in [2.45, 2.75) is 13.0 Å². The maximum Gasteiger partial charge on any atom is 0.0710 e. The fourth-order valence-corrected chi connectivity index (χ4v) is 1.79. The normalized spacial score (nSPS) is 12.4. The average molecular weight is 212 g/mol. The molecule has 2 aromatic carbocycles. The number of nitrogens with one attached hydrogen (secondary N) is 1. The van der Waals surface area contributed by atoms with E-state index < -0.39 is 0 Å². The minimum absolute atomic E-state index is 0.0572. The second kappa shape index (κ2) is 4.92. The maximum absolute atomic E-state index is 5.62. The molecule has 2 nitrogen and oxygen atoms in total. The van der Waals surface area contributed by atoms with Gasteiger partial charge in [-0.15, -0.1) is 0 Å². The van der Waals surface area contributed by atoms with E-state index in [0.29, 0.717) is 0 Å². The van der Waals surface area contributed by atoms with Crippen molar-refractivity contribution in [3.8, 4) is 0 Å². The molecule has 0 aliphatic heterocycles. The molecule has 0 fully saturated rings. The summed E-state index contributed by atoms with van der Waals surface area (Å²) >= 11 is 0. The zero-order valence-corrected chi connectivity index (χ0v) is 9.35. The Hall–Kier alpha value is -1.64. The minimum atomic E-state index is 0.0572. The molecule has 0 aromatic heterocycles. The van der Waals surface area contributed by atoms with Crippen molar-refractivity contribution in [1.29, 1.82) is 0 Å². The van der Waals surface area contributed by atoms with Crippen LogP contribution in [-0.2, 0) is 0 Å². The Balaban J connectivity index is 2.33. The molecule has 0 spiro atoms. The first-order valence-electron chi connectivity index (χ1n) is 5.39. The molecule has 0 heterocycles. The smallest absolute Gasteiger partial charge is 0.0710 e. The molecular weight excluding hydrogens is 196 g/mol. The van der Waals surface area contributed by atoms with Crippen LogP contribution in [0.2, 0.25) is 0 Å². The number of benzene rings is 2. The highest BCUT2D eigenvalue weighted by Crippen LogP contribution is 2.21.